The summed E-state index contributed by atoms with van der Waals surface area (Å²) in [6.07, 6.45) is 3.42. The van der Waals surface area contributed by atoms with E-state index in [0.717, 1.165) is 38.4 Å². The highest BCUT2D eigenvalue weighted by Crippen LogP contribution is 2.28. The number of nitrogens with zero attached hydrogens (tertiary/aromatic N) is 2. The Hall–Kier alpha value is -1.26. The van der Waals surface area contributed by atoms with E-state index in [2.05, 4.69) is 34.4 Å². The second-order valence-corrected chi connectivity index (χ2v) is 6.39. The molecule has 1 heterocycles. The van der Waals surface area contributed by atoms with Crippen molar-refractivity contribution in [3.8, 4) is 0 Å². The van der Waals surface area contributed by atoms with Crippen molar-refractivity contribution in [3.63, 3.8) is 0 Å². The molecule has 0 bridgehead atoms. The molecule has 0 spiro atoms. The molecule has 5 heteroatoms. The normalized spacial score (nSPS) is 27.4. The third-order valence-corrected chi connectivity index (χ3v) is 4.04. The Labute approximate surface area is 122 Å². The third-order valence-electron chi connectivity index (χ3n) is 4.04. The minimum atomic E-state index is 0.210. The van der Waals surface area contributed by atoms with Crippen LogP contribution in [0.3, 0.4) is 0 Å². The van der Waals surface area contributed by atoms with Crippen molar-refractivity contribution in [2.24, 2.45) is 22.7 Å². The van der Waals surface area contributed by atoms with Crippen LogP contribution in [0, 0.1) is 17.8 Å². The molecule has 0 aromatic carbocycles. The average molecular weight is 280 g/mol. The van der Waals surface area contributed by atoms with Gasteiger partial charge in [-0.1, -0.05) is 13.8 Å². The van der Waals surface area contributed by atoms with Crippen molar-refractivity contribution in [1.82, 2.24) is 15.5 Å². The second kappa shape index (κ2) is 6.95. The third kappa shape index (κ3) is 4.39. The lowest BCUT2D eigenvalue weighted by Crippen LogP contribution is -2.49. The van der Waals surface area contributed by atoms with Crippen LogP contribution in [-0.2, 0) is 4.79 Å². The van der Waals surface area contributed by atoms with Gasteiger partial charge in [0, 0.05) is 39.1 Å². The summed E-state index contributed by atoms with van der Waals surface area (Å²) in [6, 6.07) is 0. The smallest absolute Gasteiger partial charge is 0.223 e. The fourth-order valence-electron chi connectivity index (χ4n) is 3.02. The number of likely N-dealkylation sites (tertiary alicyclic amines) is 1. The summed E-state index contributed by atoms with van der Waals surface area (Å²) in [5.74, 6) is 2.89. The molecule has 0 radical (unpaired) electrons. The molecule has 20 heavy (non-hydrogen) atoms. The van der Waals surface area contributed by atoms with Gasteiger partial charge in [-0.3, -0.25) is 9.79 Å². The van der Waals surface area contributed by atoms with Crippen molar-refractivity contribution >= 4 is 11.9 Å². The molecule has 1 aliphatic carbocycles. The van der Waals surface area contributed by atoms with Crippen LogP contribution in [0.4, 0.5) is 0 Å². The van der Waals surface area contributed by atoms with Gasteiger partial charge in [0.15, 0.2) is 5.96 Å². The largest absolute Gasteiger partial charge is 0.354 e. The van der Waals surface area contributed by atoms with E-state index in [1.54, 1.807) is 0 Å². The molecule has 1 saturated carbocycles. The molecule has 114 valence electrons. The predicted molar refractivity (Wildman–Crippen MR) is 81.6 cm³/mol. The van der Waals surface area contributed by atoms with Gasteiger partial charge in [-0.2, -0.15) is 0 Å². The molecule has 5 nitrogen and oxygen atoms in total. The number of piperidine rings is 1. The molecule has 0 aromatic heterocycles. The van der Waals surface area contributed by atoms with E-state index in [0.29, 0.717) is 18.4 Å². The molecule has 1 saturated heterocycles. The van der Waals surface area contributed by atoms with Crippen LogP contribution in [0.15, 0.2) is 4.99 Å². The Bertz CT molecular complexity index is 355. The van der Waals surface area contributed by atoms with E-state index < -0.39 is 0 Å². The molecule has 2 fully saturated rings. The maximum atomic E-state index is 11.5. The number of aliphatic imine (C=N–C) groups is 1. The fourth-order valence-corrected chi connectivity index (χ4v) is 3.02. The minimum Gasteiger partial charge on any atom is -0.354 e. The number of hydrogen-bond acceptors (Lipinski definition) is 2. The maximum absolute atomic E-state index is 11.5. The highest BCUT2D eigenvalue weighted by molar-refractivity contribution is 5.81. The molecule has 2 aliphatic rings. The number of hydrogen-bond donors (Lipinski definition) is 2. The molecule has 1 amide bonds. The molecule has 2 unspecified atom stereocenters. The molecule has 1 aliphatic heterocycles. The summed E-state index contributed by atoms with van der Waals surface area (Å²) < 4.78 is 0. The van der Waals surface area contributed by atoms with Gasteiger partial charge in [-0.05, 0) is 31.1 Å². The first-order valence-corrected chi connectivity index (χ1v) is 7.83. The number of guanidine groups is 1. The quantitative estimate of drug-likeness (QED) is 0.460. The van der Waals surface area contributed by atoms with Crippen molar-refractivity contribution in [2.45, 2.75) is 33.1 Å². The standard InChI is InChI=1S/C15H28N4O/c1-11-8-12(2)10-19(9-11)15(16-3)18-7-6-17-14(20)13-4-5-13/h11-13H,4-10H2,1-3H3,(H,16,18)(H,17,20). The topological polar surface area (TPSA) is 56.7 Å². The van der Waals surface area contributed by atoms with Gasteiger partial charge >= 0.3 is 0 Å². The molecule has 2 atom stereocenters. The van der Waals surface area contributed by atoms with Gasteiger partial charge in [0.1, 0.15) is 0 Å². The Morgan fingerprint density at radius 3 is 2.30 bits per heavy atom. The van der Waals surface area contributed by atoms with Crippen molar-refractivity contribution in [2.75, 3.05) is 33.2 Å². The van der Waals surface area contributed by atoms with Crippen LogP contribution in [0.5, 0.6) is 0 Å². The molecular formula is C15H28N4O. The average Bonchev–Trinajstić information content (AvgIpc) is 3.21. The van der Waals surface area contributed by atoms with E-state index in [1.807, 2.05) is 7.05 Å². The summed E-state index contributed by atoms with van der Waals surface area (Å²) in [7, 11) is 1.83. The second-order valence-electron chi connectivity index (χ2n) is 6.39. The molecular weight excluding hydrogens is 252 g/mol. The highest BCUT2D eigenvalue weighted by atomic mass is 16.2. The van der Waals surface area contributed by atoms with Gasteiger partial charge in [-0.15, -0.1) is 0 Å². The van der Waals surface area contributed by atoms with Gasteiger partial charge in [0.05, 0.1) is 0 Å². The zero-order valence-electron chi connectivity index (χ0n) is 13.0. The maximum Gasteiger partial charge on any atom is 0.223 e. The van der Waals surface area contributed by atoms with Gasteiger partial charge in [0.25, 0.3) is 0 Å². The van der Waals surface area contributed by atoms with Crippen LogP contribution in [-0.4, -0.2) is 50.0 Å². The first-order chi connectivity index (χ1) is 9.60. The summed E-state index contributed by atoms with van der Waals surface area (Å²) in [5.41, 5.74) is 0. The van der Waals surface area contributed by atoms with Crippen LogP contribution in [0.1, 0.15) is 33.1 Å². The zero-order chi connectivity index (χ0) is 14.5. The summed E-state index contributed by atoms with van der Waals surface area (Å²) in [5, 5.41) is 6.33. The first-order valence-electron chi connectivity index (χ1n) is 7.83. The number of carbonyl (C=O) groups excluding carboxylic acids is 1. The van der Waals surface area contributed by atoms with E-state index in [4.69, 9.17) is 0 Å². The number of amides is 1. The molecule has 0 aromatic rings. The number of nitrogens with one attached hydrogen (secondary N) is 2. The summed E-state index contributed by atoms with van der Waals surface area (Å²) in [4.78, 5) is 18.2. The monoisotopic (exact) mass is 280 g/mol. The van der Waals surface area contributed by atoms with Crippen LogP contribution in [0.2, 0.25) is 0 Å². The SMILES string of the molecule is CN=C(NCCNC(=O)C1CC1)N1CC(C)CC(C)C1. The number of rotatable bonds is 4. The summed E-state index contributed by atoms with van der Waals surface area (Å²) >= 11 is 0. The fraction of sp³-hybridized carbons (Fsp3) is 0.867. The van der Waals surface area contributed by atoms with Crippen molar-refractivity contribution in [1.29, 1.82) is 0 Å². The van der Waals surface area contributed by atoms with E-state index in [9.17, 15) is 4.79 Å². The lowest BCUT2D eigenvalue weighted by molar-refractivity contribution is -0.122. The Balaban J connectivity index is 1.70. The summed E-state index contributed by atoms with van der Waals surface area (Å²) in [6.45, 7) is 8.15. The van der Waals surface area contributed by atoms with E-state index in [-0.39, 0.29) is 11.8 Å². The van der Waals surface area contributed by atoms with E-state index >= 15 is 0 Å². The van der Waals surface area contributed by atoms with Crippen LogP contribution in [0.25, 0.3) is 0 Å². The molecule has 2 rings (SSSR count). The lowest BCUT2D eigenvalue weighted by atomic mass is 9.92. The predicted octanol–water partition coefficient (Wildman–Crippen LogP) is 1.07. The Morgan fingerprint density at radius 2 is 1.75 bits per heavy atom. The van der Waals surface area contributed by atoms with Gasteiger partial charge in [0.2, 0.25) is 5.91 Å². The van der Waals surface area contributed by atoms with Gasteiger partial charge in [-0.25, -0.2) is 0 Å². The Morgan fingerprint density at radius 1 is 1.15 bits per heavy atom. The van der Waals surface area contributed by atoms with E-state index in [1.165, 1.54) is 6.42 Å². The zero-order valence-corrected chi connectivity index (χ0v) is 13.0. The minimum absolute atomic E-state index is 0.210. The first kappa shape index (κ1) is 15.1. The van der Waals surface area contributed by atoms with Gasteiger partial charge < -0.3 is 15.5 Å². The Kier molecular flexibility index (Phi) is 5.26. The van der Waals surface area contributed by atoms with Crippen LogP contribution >= 0.6 is 0 Å². The highest BCUT2D eigenvalue weighted by Gasteiger charge is 2.29. The lowest BCUT2D eigenvalue weighted by Gasteiger charge is -2.37. The molecule has 2 N–H and O–H groups in total. The van der Waals surface area contributed by atoms with Crippen molar-refractivity contribution in [3.05, 3.63) is 0 Å². The van der Waals surface area contributed by atoms with Crippen molar-refractivity contribution < 1.29 is 4.79 Å². The number of carbonyl (C=O) groups is 1. The van der Waals surface area contributed by atoms with Crippen LogP contribution < -0.4 is 10.6 Å².